The number of nitrogens with zero attached hydrogens (tertiary/aromatic N) is 2. The average molecular weight is 396 g/mol. The normalized spacial score (nSPS) is 15.8. The van der Waals surface area contributed by atoms with E-state index in [1.165, 1.54) is 30.5 Å². The quantitative estimate of drug-likeness (QED) is 0.711. The Balaban J connectivity index is 1.56. The maximum Gasteiger partial charge on any atom is 0.258 e. The molecular weight excluding hydrogens is 381 g/mol. The molecule has 1 N–H and O–H groups in total. The van der Waals surface area contributed by atoms with E-state index in [1.807, 2.05) is 12.1 Å². The molecule has 2 aromatic carbocycles. The van der Waals surface area contributed by atoms with Gasteiger partial charge in [0.25, 0.3) is 5.91 Å². The maximum atomic E-state index is 13.0. The third-order valence-electron chi connectivity index (χ3n) is 4.71. The second-order valence-corrected chi connectivity index (χ2v) is 7.03. The molecule has 5 nitrogen and oxygen atoms in total. The molecule has 0 spiro atoms. The van der Waals surface area contributed by atoms with Gasteiger partial charge in [0.05, 0.1) is 11.3 Å². The van der Waals surface area contributed by atoms with Crippen molar-refractivity contribution in [2.24, 2.45) is 0 Å². The molecule has 28 heavy (non-hydrogen) atoms. The van der Waals surface area contributed by atoms with Gasteiger partial charge in [0, 0.05) is 23.2 Å². The summed E-state index contributed by atoms with van der Waals surface area (Å²) in [6.07, 6.45) is 2.38. The molecule has 1 atom stereocenters. The summed E-state index contributed by atoms with van der Waals surface area (Å²) in [6.45, 7) is 0. The van der Waals surface area contributed by atoms with Crippen molar-refractivity contribution in [3.63, 3.8) is 0 Å². The van der Waals surface area contributed by atoms with E-state index in [1.54, 1.807) is 12.1 Å². The van der Waals surface area contributed by atoms with Gasteiger partial charge in [-0.25, -0.2) is 14.4 Å². The number of benzene rings is 2. The van der Waals surface area contributed by atoms with Crippen molar-refractivity contribution < 1.29 is 14.0 Å². The zero-order valence-corrected chi connectivity index (χ0v) is 15.4. The fraction of sp³-hybridized carbons (Fsp3) is 0.143. The van der Waals surface area contributed by atoms with Gasteiger partial charge in [-0.05, 0) is 54.3 Å². The lowest BCUT2D eigenvalue weighted by Gasteiger charge is -2.23. The van der Waals surface area contributed by atoms with Crippen LogP contribution in [-0.4, -0.2) is 21.7 Å². The highest BCUT2D eigenvalue weighted by atomic mass is 35.5. The number of halogens is 2. The Morgan fingerprint density at radius 1 is 1.07 bits per heavy atom. The number of nitrogens with one attached hydrogen (secondary N) is 1. The van der Waals surface area contributed by atoms with E-state index in [0.717, 1.165) is 5.56 Å². The van der Waals surface area contributed by atoms with Gasteiger partial charge in [0.1, 0.15) is 5.82 Å². The van der Waals surface area contributed by atoms with Gasteiger partial charge in [0.2, 0.25) is 5.95 Å². The summed E-state index contributed by atoms with van der Waals surface area (Å²) in [7, 11) is 0. The lowest BCUT2D eigenvalue weighted by Crippen LogP contribution is -2.22. The summed E-state index contributed by atoms with van der Waals surface area (Å²) in [4.78, 5) is 33.2. The molecule has 1 aliphatic carbocycles. The number of Topliss-reactive ketones (excluding diaryl/α,β-unsaturated/α-hetero) is 1. The zero-order chi connectivity index (χ0) is 19.7. The lowest BCUT2D eigenvalue weighted by atomic mass is 9.82. The number of ketones is 1. The van der Waals surface area contributed by atoms with Crippen molar-refractivity contribution in [1.82, 2.24) is 9.97 Å². The van der Waals surface area contributed by atoms with Crippen LogP contribution in [-0.2, 0) is 6.42 Å². The number of carbonyl (C=O) groups excluding carboxylic acids is 2. The van der Waals surface area contributed by atoms with Crippen LogP contribution in [0.5, 0.6) is 0 Å². The van der Waals surface area contributed by atoms with Crippen LogP contribution in [0.25, 0.3) is 0 Å². The van der Waals surface area contributed by atoms with Crippen LogP contribution in [0.4, 0.5) is 10.3 Å². The molecule has 1 aliphatic rings. The zero-order valence-electron chi connectivity index (χ0n) is 14.7. The first-order valence-electron chi connectivity index (χ1n) is 8.71. The number of anilines is 1. The van der Waals surface area contributed by atoms with E-state index in [-0.39, 0.29) is 23.2 Å². The molecule has 0 radical (unpaired) electrons. The molecule has 1 unspecified atom stereocenters. The molecule has 7 heteroatoms. The number of amides is 1. The van der Waals surface area contributed by atoms with Crippen molar-refractivity contribution in [2.75, 3.05) is 5.32 Å². The predicted molar refractivity (Wildman–Crippen MR) is 103 cm³/mol. The number of rotatable bonds is 3. The van der Waals surface area contributed by atoms with Gasteiger partial charge in [-0.15, -0.1) is 0 Å². The summed E-state index contributed by atoms with van der Waals surface area (Å²) in [6, 6.07) is 12.6. The molecule has 1 heterocycles. The summed E-state index contributed by atoms with van der Waals surface area (Å²) >= 11 is 5.94. The molecule has 0 fully saturated rings. The molecule has 0 aliphatic heterocycles. The number of hydrogen-bond donors (Lipinski definition) is 1. The second kappa shape index (κ2) is 7.48. The second-order valence-electron chi connectivity index (χ2n) is 6.59. The monoisotopic (exact) mass is 395 g/mol. The Hall–Kier alpha value is -3.12. The SMILES string of the molecule is O=C(Nc1ncc2c(n1)CC(c1ccc(Cl)cc1)CC2=O)c1ccc(F)cc1. The largest absolute Gasteiger partial charge is 0.294 e. The van der Waals surface area contributed by atoms with Crippen LogP contribution in [0.15, 0.2) is 54.7 Å². The van der Waals surface area contributed by atoms with Crippen LogP contribution in [0.3, 0.4) is 0 Å². The number of hydrogen-bond acceptors (Lipinski definition) is 4. The molecule has 3 aromatic rings. The molecular formula is C21H15ClFN3O2. The van der Waals surface area contributed by atoms with Crippen molar-refractivity contribution in [3.05, 3.63) is 88.0 Å². The summed E-state index contributed by atoms with van der Waals surface area (Å²) < 4.78 is 13.0. The fourth-order valence-corrected chi connectivity index (χ4v) is 3.38. The Kier molecular flexibility index (Phi) is 4.88. The van der Waals surface area contributed by atoms with Gasteiger partial charge in [-0.2, -0.15) is 0 Å². The van der Waals surface area contributed by atoms with E-state index in [2.05, 4.69) is 15.3 Å². The molecule has 4 rings (SSSR count). The maximum absolute atomic E-state index is 13.0. The van der Waals surface area contributed by atoms with Gasteiger partial charge in [0.15, 0.2) is 5.78 Å². The molecule has 1 aromatic heterocycles. The van der Waals surface area contributed by atoms with E-state index in [4.69, 9.17) is 11.6 Å². The van der Waals surface area contributed by atoms with E-state index in [9.17, 15) is 14.0 Å². The fourth-order valence-electron chi connectivity index (χ4n) is 3.25. The molecule has 0 saturated heterocycles. The Morgan fingerprint density at radius 2 is 1.79 bits per heavy atom. The van der Waals surface area contributed by atoms with Crippen LogP contribution in [0.1, 0.15) is 44.3 Å². The first kappa shape index (κ1) is 18.3. The lowest BCUT2D eigenvalue weighted by molar-refractivity contribution is 0.0962. The van der Waals surface area contributed by atoms with Crippen LogP contribution in [0.2, 0.25) is 5.02 Å². The summed E-state index contributed by atoms with van der Waals surface area (Å²) in [5.41, 5.74) is 2.38. The number of fused-ring (bicyclic) bond motifs is 1. The molecule has 0 bridgehead atoms. The summed E-state index contributed by atoms with van der Waals surface area (Å²) in [5, 5.41) is 3.23. The highest BCUT2D eigenvalue weighted by Gasteiger charge is 2.28. The minimum Gasteiger partial charge on any atom is -0.294 e. The minimum absolute atomic E-state index is 0.00665. The predicted octanol–water partition coefficient (Wildman–Crippen LogP) is 4.43. The molecule has 0 saturated carbocycles. The third-order valence-corrected chi connectivity index (χ3v) is 4.96. The van der Waals surface area contributed by atoms with Crippen LogP contribution in [0, 0.1) is 5.82 Å². The average Bonchev–Trinajstić information content (AvgIpc) is 2.68. The Morgan fingerprint density at radius 3 is 2.50 bits per heavy atom. The van der Waals surface area contributed by atoms with E-state index >= 15 is 0 Å². The van der Waals surface area contributed by atoms with Crippen LogP contribution >= 0.6 is 11.6 Å². The summed E-state index contributed by atoms with van der Waals surface area (Å²) in [5.74, 6) is -0.798. The number of carbonyl (C=O) groups is 2. The third kappa shape index (κ3) is 3.77. The highest BCUT2D eigenvalue weighted by Crippen LogP contribution is 2.32. The topological polar surface area (TPSA) is 72.0 Å². The first-order valence-corrected chi connectivity index (χ1v) is 9.09. The van der Waals surface area contributed by atoms with Gasteiger partial charge < -0.3 is 0 Å². The Labute approximate surface area is 165 Å². The molecule has 1 amide bonds. The minimum atomic E-state index is -0.448. The first-order chi connectivity index (χ1) is 13.5. The van der Waals surface area contributed by atoms with Crippen molar-refractivity contribution >= 4 is 29.2 Å². The van der Waals surface area contributed by atoms with Crippen LogP contribution < -0.4 is 5.32 Å². The number of aromatic nitrogens is 2. The molecule has 140 valence electrons. The highest BCUT2D eigenvalue weighted by molar-refractivity contribution is 6.30. The standard InChI is InChI=1S/C21H15ClFN3O2/c22-15-5-1-12(2-6-15)14-9-18-17(19(27)10-14)11-24-21(25-18)26-20(28)13-3-7-16(23)8-4-13/h1-8,11,14H,9-10H2,(H,24,25,26,28). The van der Waals surface area contributed by atoms with Crippen molar-refractivity contribution in [2.45, 2.75) is 18.8 Å². The Bertz CT molecular complexity index is 1050. The van der Waals surface area contributed by atoms with Gasteiger partial charge in [-0.3, -0.25) is 14.9 Å². The van der Waals surface area contributed by atoms with Crippen molar-refractivity contribution in [1.29, 1.82) is 0 Å². The van der Waals surface area contributed by atoms with Gasteiger partial charge in [-0.1, -0.05) is 23.7 Å². The van der Waals surface area contributed by atoms with Crippen molar-refractivity contribution in [3.8, 4) is 0 Å². The van der Waals surface area contributed by atoms with E-state index in [0.29, 0.717) is 29.1 Å². The van der Waals surface area contributed by atoms with E-state index < -0.39 is 11.7 Å². The smallest absolute Gasteiger partial charge is 0.258 e. The van der Waals surface area contributed by atoms with Gasteiger partial charge >= 0.3 is 0 Å².